The highest BCUT2D eigenvalue weighted by Crippen LogP contribution is 2.24. The molecule has 4 heteroatoms. The van der Waals surface area contributed by atoms with Gasteiger partial charge in [0.15, 0.2) is 0 Å². The van der Waals surface area contributed by atoms with Crippen molar-refractivity contribution in [3.8, 4) is 11.8 Å². The van der Waals surface area contributed by atoms with E-state index in [1.54, 1.807) is 28.7 Å². The van der Waals surface area contributed by atoms with E-state index in [1.165, 1.54) is 6.07 Å². The van der Waals surface area contributed by atoms with E-state index < -0.39 is 5.82 Å². The van der Waals surface area contributed by atoms with Gasteiger partial charge >= 0.3 is 0 Å². The number of benzene rings is 1. The SMILES string of the molecule is N#Cc1c(F)ccc(O)c1I. The van der Waals surface area contributed by atoms with Crippen molar-refractivity contribution in [2.45, 2.75) is 0 Å². The van der Waals surface area contributed by atoms with Crippen LogP contribution >= 0.6 is 22.6 Å². The van der Waals surface area contributed by atoms with E-state index in [0.29, 0.717) is 0 Å². The summed E-state index contributed by atoms with van der Waals surface area (Å²) in [5.74, 6) is -0.668. The Morgan fingerprint density at radius 1 is 1.55 bits per heavy atom. The van der Waals surface area contributed by atoms with Crippen LogP contribution in [0.3, 0.4) is 0 Å². The van der Waals surface area contributed by atoms with Gasteiger partial charge in [0.1, 0.15) is 23.2 Å². The van der Waals surface area contributed by atoms with Crippen LogP contribution in [0.1, 0.15) is 5.56 Å². The molecular weight excluding hydrogens is 260 g/mol. The Labute approximate surface area is 76.4 Å². The zero-order valence-electron chi connectivity index (χ0n) is 5.31. The first-order valence-electron chi connectivity index (χ1n) is 2.74. The Hall–Kier alpha value is -0.830. The van der Waals surface area contributed by atoms with Gasteiger partial charge in [-0.3, -0.25) is 0 Å². The summed E-state index contributed by atoms with van der Waals surface area (Å²) in [6.45, 7) is 0. The molecule has 1 rings (SSSR count). The molecule has 0 unspecified atom stereocenters. The standard InChI is InChI=1S/C7H3FINO/c8-5-1-2-6(11)7(9)4(5)3-10/h1-2,11H. The molecule has 1 aromatic carbocycles. The molecule has 11 heavy (non-hydrogen) atoms. The van der Waals surface area contributed by atoms with Gasteiger partial charge in [-0.05, 0) is 34.7 Å². The molecule has 0 aromatic heterocycles. The van der Waals surface area contributed by atoms with Gasteiger partial charge in [0.25, 0.3) is 0 Å². The summed E-state index contributed by atoms with van der Waals surface area (Å²) in [6, 6.07) is 3.95. The largest absolute Gasteiger partial charge is 0.507 e. The monoisotopic (exact) mass is 263 g/mol. The van der Waals surface area contributed by atoms with Gasteiger partial charge in [0.2, 0.25) is 0 Å². The van der Waals surface area contributed by atoms with Crippen LogP contribution in [0.25, 0.3) is 0 Å². The molecular formula is C7H3FINO. The molecule has 56 valence electrons. The maximum atomic E-state index is 12.7. The molecule has 1 aromatic rings. The van der Waals surface area contributed by atoms with Crippen LogP contribution in [0.2, 0.25) is 0 Å². The van der Waals surface area contributed by atoms with Crippen molar-refractivity contribution in [2.75, 3.05) is 0 Å². The predicted octanol–water partition coefficient (Wildman–Crippen LogP) is 2.01. The molecule has 0 aliphatic heterocycles. The second kappa shape index (κ2) is 3.05. The fraction of sp³-hybridized carbons (Fsp3) is 0. The number of aromatic hydroxyl groups is 1. The second-order valence-corrected chi connectivity index (χ2v) is 2.95. The van der Waals surface area contributed by atoms with Crippen molar-refractivity contribution in [1.82, 2.24) is 0 Å². The molecule has 0 radical (unpaired) electrons. The Morgan fingerprint density at radius 2 is 2.18 bits per heavy atom. The van der Waals surface area contributed by atoms with E-state index in [1.807, 2.05) is 0 Å². The number of hydrogen-bond donors (Lipinski definition) is 1. The number of phenols is 1. The van der Waals surface area contributed by atoms with Gasteiger partial charge in [-0.1, -0.05) is 0 Å². The molecule has 0 atom stereocenters. The van der Waals surface area contributed by atoms with Crippen molar-refractivity contribution in [1.29, 1.82) is 5.26 Å². The minimum Gasteiger partial charge on any atom is -0.507 e. The third-order valence-corrected chi connectivity index (χ3v) is 2.27. The third kappa shape index (κ3) is 1.43. The summed E-state index contributed by atoms with van der Waals surface area (Å²) in [6.07, 6.45) is 0. The summed E-state index contributed by atoms with van der Waals surface area (Å²) >= 11 is 1.72. The maximum Gasteiger partial charge on any atom is 0.142 e. The molecule has 0 fully saturated rings. The Kier molecular flexibility index (Phi) is 2.29. The fourth-order valence-electron chi connectivity index (χ4n) is 0.644. The van der Waals surface area contributed by atoms with Gasteiger partial charge < -0.3 is 5.11 Å². The summed E-state index contributed by atoms with van der Waals surface area (Å²) in [7, 11) is 0. The topological polar surface area (TPSA) is 44.0 Å². The number of rotatable bonds is 0. The predicted molar refractivity (Wildman–Crippen MR) is 45.5 cm³/mol. The lowest BCUT2D eigenvalue weighted by Gasteiger charge is -1.98. The van der Waals surface area contributed by atoms with E-state index >= 15 is 0 Å². The summed E-state index contributed by atoms with van der Waals surface area (Å²) in [5, 5.41) is 17.4. The Morgan fingerprint density at radius 3 is 2.64 bits per heavy atom. The molecule has 0 heterocycles. The first kappa shape index (κ1) is 8.27. The van der Waals surface area contributed by atoms with Crippen LogP contribution in [0, 0.1) is 20.7 Å². The molecule has 0 spiro atoms. The molecule has 0 aliphatic carbocycles. The highest BCUT2D eigenvalue weighted by atomic mass is 127. The van der Waals surface area contributed by atoms with Crippen LogP contribution in [0.4, 0.5) is 4.39 Å². The smallest absolute Gasteiger partial charge is 0.142 e. The molecule has 0 amide bonds. The first-order valence-corrected chi connectivity index (χ1v) is 3.81. The minimum atomic E-state index is -0.602. The lowest BCUT2D eigenvalue weighted by molar-refractivity contribution is 0.468. The molecule has 0 saturated carbocycles. The average Bonchev–Trinajstić information content (AvgIpc) is 1.99. The molecule has 0 aliphatic rings. The lowest BCUT2D eigenvalue weighted by atomic mass is 10.2. The van der Waals surface area contributed by atoms with Gasteiger partial charge in [-0.15, -0.1) is 0 Å². The van der Waals surface area contributed by atoms with Crippen molar-refractivity contribution >= 4 is 22.6 Å². The van der Waals surface area contributed by atoms with E-state index in [9.17, 15) is 4.39 Å². The van der Waals surface area contributed by atoms with Crippen molar-refractivity contribution in [2.24, 2.45) is 0 Å². The minimum absolute atomic E-state index is 0.0662. The molecule has 1 N–H and O–H groups in total. The highest BCUT2D eigenvalue weighted by Gasteiger charge is 2.08. The number of nitrogens with zero attached hydrogens (tertiary/aromatic N) is 1. The van der Waals surface area contributed by atoms with Crippen molar-refractivity contribution in [3.05, 3.63) is 27.1 Å². The van der Waals surface area contributed by atoms with Crippen molar-refractivity contribution in [3.63, 3.8) is 0 Å². The van der Waals surface area contributed by atoms with Crippen molar-refractivity contribution < 1.29 is 9.50 Å². The van der Waals surface area contributed by atoms with Crippen LogP contribution in [-0.2, 0) is 0 Å². The van der Waals surface area contributed by atoms with Gasteiger partial charge in [-0.2, -0.15) is 5.26 Å². The van der Waals surface area contributed by atoms with Crippen LogP contribution < -0.4 is 0 Å². The van der Waals surface area contributed by atoms with E-state index in [4.69, 9.17) is 10.4 Å². The fourth-order valence-corrected chi connectivity index (χ4v) is 1.20. The lowest BCUT2D eigenvalue weighted by Crippen LogP contribution is -1.87. The number of halogens is 2. The molecule has 0 saturated heterocycles. The zero-order chi connectivity index (χ0) is 8.43. The van der Waals surface area contributed by atoms with Gasteiger partial charge in [-0.25, -0.2) is 4.39 Å². The zero-order valence-corrected chi connectivity index (χ0v) is 7.46. The average molecular weight is 263 g/mol. The van der Waals surface area contributed by atoms with E-state index in [0.717, 1.165) is 6.07 Å². The third-order valence-electron chi connectivity index (χ3n) is 1.18. The maximum absolute atomic E-state index is 12.7. The molecule has 2 nitrogen and oxygen atoms in total. The second-order valence-electron chi connectivity index (χ2n) is 1.87. The Balaban J connectivity index is 3.44. The van der Waals surface area contributed by atoms with Crippen LogP contribution in [0.15, 0.2) is 12.1 Å². The number of nitriles is 1. The van der Waals surface area contributed by atoms with Crippen LogP contribution in [-0.4, -0.2) is 5.11 Å². The summed E-state index contributed by atoms with van der Waals surface area (Å²) in [5.41, 5.74) is -0.106. The van der Waals surface area contributed by atoms with E-state index in [-0.39, 0.29) is 14.9 Å². The normalized spacial score (nSPS) is 9.18. The number of phenolic OH excluding ortho intramolecular Hbond substituents is 1. The molecule has 0 bridgehead atoms. The van der Waals surface area contributed by atoms with E-state index in [2.05, 4.69) is 0 Å². The quantitative estimate of drug-likeness (QED) is 0.727. The Bertz CT molecular complexity index is 332. The highest BCUT2D eigenvalue weighted by molar-refractivity contribution is 14.1. The first-order chi connectivity index (χ1) is 5.16. The van der Waals surface area contributed by atoms with Gasteiger partial charge in [0, 0.05) is 0 Å². The number of hydrogen-bond acceptors (Lipinski definition) is 2. The van der Waals surface area contributed by atoms with Gasteiger partial charge in [0.05, 0.1) is 3.57 Å². The summed E-state index contributed by atoms with van der Waals surface area (Å²) < 4.78 is 12.9. The van der Waals surface area contributed by atoms with Crippen LogP contribution in [0.5, 0.6) is 5.75 Å². The summed E-state index contributed by atoms with van der Waals surface area (Å²) in [4.78, 5) is 0.